The third-order valence-electron chi connectivity index (χ3n) is 7.04. The number of hydrogen-bond acceptors (Lipinski definition) is 2. The predicted octanol–water partition coefficient (Wildman–Crippen LogP) is 5.35. The first-order valence-electron chi connectivity index (χ1n) is 9.88. The molecule has 0 radical (unpaired) electrons. The number of fused-ring (bicyclic) bond motifs is 3. The van der Waals surface area contributed by atoms with Gasteiger partial charge in [0.05, 0.1) is 0 Å². The molecule has 2 aromatic carbocycles. The second kappa shape index (κ2) is 5.85. The van der Waals surface area contributed by atoms with E-state index >= 15 is 0 Å². The Hall–Kier alpha value is -1.80. The van der Waals surface area contributed by atoms with Gasteiger partial charge < -0.3 is 4.90 Å². The van der Waals surface area contributed by atoms with E-state index < -0.39 is 0 Å². The van der Waals surface area contributed by atoms with Crippen LogP contribution in [0.1, 0.15) is 51.7 Å². The van der Waals surface area contributed by atoms with E-state index in [-0.39, 0.29) is 11.1 Å². The number of likely N-dealkylation sites (tertiary alicyclic amines) is 1. The molecule has 2 aliphatic rings. The van der Waals surface area contributed by atoms with Gasteiger partial charge in [-0.2, -0.15) is 0 Å². The van der Waals surface area contributed by atoms with E-state index in [0.29, 0.717) is 6.04 Å². The van der Waals surface area contributed by atoms with Crippen LogP contribution in [0, 0.1) is 0 Å². The summed E-state index contributed by atoms with van der Waals surface area (Å²) in [7, 11) is 4.59. The Kier molecular flexibility index (Phi) is 3.96. The van der Waals surface area contributed by atoms with Crippen molar-refractivity contribution in [1.29, 1.82) is 0 Å². The van der Waals surface area contributed by atoms with Gasteiger partial charge in [0.1, 0.15) is 0 Å². The molecule has 0 atom stereocenters. The van der Waals surface area contributed by atoms with Crippen LogP contribution >= 0.6 is 0 Å². The van der Waals surface area contributed by atoms with Crippen LogP contribution in [0.15, 0.2) is 42.5 Å². The highest BCUT2D eigenvalue weighted by Crippen LogP contribution is 2.44. The van der Waals surface area contributed by atoms with Crippen LogP contribution in [0.3, 0.4) is 0 Å². The highest BCUT2D eigenvalue weighted by atomic mass is 15.3. The molecule has 1 heterocycles. The second-order valence-electron chi connectivity index (χ2n) is 9.49. The van der Waals surface area contributed by atoms with Gasteiger partial charge in [-0.15, -0.1) is 0 Å². The zero-order valence-electron chi connectivity index (χ0n) is 17.1. The molecule has 1 aliphatic heterocycles. The highest BCUT2D eigenvalue weighted by molar-refractivity contribution is 5.82. The maximum absolute atomic E-state index is 2.57. The van der Waals surface area contributed by atoms with Crippen LogP contribution in [0.2, 0.25) is 0 Å². The van der Waals surface area contributed by atoms with E-state index in [0.717, 1.165) is 6.42 Å². The molecule has 2 heteroatoms. The maximum atomic E-state index is 2.57. The Morgan fingerprint density at radius 3 is 2.19 bits per heavy atom. The molecular weight excluding hydrogens is 316 g/mol. The van der Waals surface area contributed by atoms with Gasteiger partial charge in [-0.25, -0.2) is 0 Å². The van der Waals surface area contributed by atoms with Crippen LogP contribution in [0.4, 0.5) is 5.69 Å². The number of anilines is 1. The molecule has 0 unspecified atom stereocenters. The molecule has 2 aromatic rings. The monoisotopic (exact) mass is 348 g/mol. The standard InChI is InChI=1S/C24H32N2/c1-23(2)15-18(16-24(3,4)26(23)6)25(5)22-13-9-12-20-19-11-8-7-10-17(19)14-21(20)22/h7-13,18H,14-16H2,1-6H3. The quantitative estimate of drug-likeness (QED) is 0.616. The molecule has 1 fully saturated rings. The number of benzene rings is 2. The summed E-state index contributed by atoms with van der Waals surface area (Å²) in [5.41, 5.74) is 7.65. The Balaban J connectivity index is 1.70. The minimum atomic E-state index is 0.210. The van der Waals surface area contributed by atoms with E-state index in [9.17, 15) is 0 Å². The fourth-order valence-electron chi connectivity index (χ4n) is 5.26. The molecule has 0 saturated carbocycles. The first kappa shape index (κ1) is 17.6. The van der Waals surface area contributed by atoms with Crippen molar-refractivity contribution in [2.45, 2.75) is 64.1 Å². The molecule has 1 aliphatic carbocycles. The van der Waals surface area contributed by atoms with Gasteiger partial charge in [-0.05, 0) is 75.9 Å². The summed E-state index contributed by atoms with van der Waals surface area (Å²) >= 11 is 0. The van der Waals surface area contributed by atoms with E-state index in [4.69, 9.17) is 0 Å². The summed E-state index contributed by atoms with van der Waals surface area (Å²) in [4.78, 5) is 5.14. The second-order valence-corrected chi connectivity index (χ2v) is 9.49. The molecule has 1 saturated heterocycles. The number of hydrogen-bond donors (Lipinski definition) is 0. The van der Waals surface area contributed by atoms with Crippen LogP contribution < -0.4 is 4.90 Å². The van der Waals surface area contributed by atoms with E-state index in [2.05, 4.69) is 94.1 Å². The molecule has 2 nitrogen and oxygen atoms in total. The highest BCUT2D eigenvalue weighted by Gasteiger charge is 2.44. The lowest BCUT2D eigenvalue weighted by molar-refractivity contribution is -0.0119. The Labute approximate surface area is 158 Å². The first-order chi connectivity index (χ1) is 12.2. The molecule has 0 amide bonds. The summed E-state index contributed by atoms with van der Waals surface area (Å²) in [5, 5.41) is 0. The van der Waals surface area contributed by atoms with Crippen LogP contribution in [0.5, 0.6) is 0 Å². The average Bonchev–Trinajstić information content (AvgIpc) is 2.97. The van der Waals surface area contributed by atoms with Gasteiger partial charge in [-0.1, -0.05) is 36.4 Å². The number of piperidine rings is 1. The lowest BCUT2D eigenvalue weighted by atomic mass is 9.77. The van der Waals surface area contributed by atoms with E-state index in [1.807, 2.05) is 0 Å². The third kappa shape index (κ3) is 2.66. The topological polar surface area (TPSA) is 6.48 Å². The van der Waals surface area contributed by atoms with Gasteiger partial charge in [0.2, 0.25) is 0 Å². The third-order valence-corrected chi connectivity index (χ3v) is 7.04. The molecule has 0 spiro atoms. The van der Waals surface area contributed by atoms with Crippen molar-refractivity contribution < 1.29 is 0 Å². The molecule has 4 rings (SSSR count). The lowest BCUT2D eigenvalue weighted by Gasteiger charge is -2.55. The first-order valence-corrected chi connectivity index (χ1v) is 9.88. The fraction of sp³-hybridized carbons (Fsp3) is 0.500. The zero-order valence-corrected chi connectivity index (χ0v) is 17.1. The van der Waals surface area contributed by atoms with Gasteiger partial charge in [0.15, 0.2) is 0 Å². The Morgan fingerprint density at radius 2 is 1.50 bits per heavy atom. The van der Waals surface area contributed by atoms with Crippen molar-refractivity contribution in [2.75, 3.05) is 19.0 Å². The molecule has 138 valence electrons. The predicted molar refractivity (Wildman–Crippen MR) is 112 cm³/mol. The lowest BCUT2D eigenvalue weighted by Crippen LogP contribution is -2.62. The Morgan fingerprint density at radius 1 is 0.885 bits per heavy atom. The van der Waals surface area contributed by atoms with Crippen molar-refractivity contribution in [2.24, 2.45) is 0 Å². The summed E-state index contributed by atoms with van der Waals surface area (Å²) in [5.74, 6) is 0. The van der Waals surface area contributed by atoms with Crippen molar-refractivity contribution in [1.82, 2.24) is 4.90 Å². The average molecular weight is 349 g/mol. The SMILES string of the molecule is CN(c1cccc2c1Cc1ccccc1-2)C1CC(C)(C)N(C)C(C)(C)C1. The number of rotatable bonds is 2. The summed E-state index contributed by atoms with van der Waals surface area (Å²) in [6.07, 6.45) is 3.45. The summed E-state index contributed by atoms with van der Waals surface area (Å²) < 4.78 is 0. The smallest absolute Gasteiger partial charge is 0.0408 e. The minimum Gasteiger partial charge on any atom is -0.371 e. The minimum absolute atomic E-state index is 0.210. The molecule has 0 N–H and O–H groups in total. The fourth-order valence-corrected chi connectivity index (χ4v) is 5.26. The van der Waals surface area contributed by atoms with Crippen LogP contribution in [-0.4, -0.2) is 36.1 Å². The van der Waals surface area contributed by atoms with Crippen molar-refractivity contribution in [3.63, 3.8) is 0 Å². The summed E-state index contributed by atoms with van der Waals surface area (Å²) in [6, 6.07) is 16.3. The molecule has 0 bridgehead atoms. The maximum Gasteiger partial charge on any atom is 0.0408 e. The van der Waals surface area contributed by atoms with Gasteiger partial charge in [0.25, 0.3) is 0 Å². The van der Waals surface area contributed by atoms with Crippen molar-refractivity contribution in [3.8, 4) is 11.1 Å². The largest absolute Gasteiger partial charge is 0.371 e. The molecule has 26 heavy (non-hydrogen) atoms. The van der Waals surface area contributed by atoms with E-state index in [1.54, 1.807) is 0 Å². The molecule has 0 aromatic heterocycles. The van der Waals surface area contributed by atoms with E-state index in [1.165, 1.54) is 40.8 Å². The van der Waals surface area contributed by atoms with Crippen LogP contribution in [0.25, 0.3) is 11.1 Å². The Bertz CT molecular complexity index is 816. The summed E-state index contributed by atoms with van der Waals surface area (Å²) in [6.45, 7) is 9.56. The number of nitrogens with zero attached hydrogens (tertiary/aromatic N) is 2. The van der Waals surface area contributed by atoms with Crippen molar-refractivity contribution in [3.05, 3.63) is 53.6 Å². The van der Waals surface area contributed by atoms with Crippen LogP contribution in [-0.2, 0) is 6.42 Å². The van der Waals surface area contributed by atoms with Gasteiger partial charge in [0, 0.05) is 36.3 Å². The van der Waals surface area contributed by atoms with Gasteiger partial charge >= 0.3 is 0 Å². The normalized spacial score (nSPS) is 21.3. The zero-order chi connectivity index (χ0) is 18.7. The molecular formula is C24H32N2. The van der Waals surface area contributed by atoms with Gasteiger partial charge in [-0.3, -0.25) is 4.90 Å². The van der Waals surface area contributed by atoms with Crippen molar-refractivity contribution >= 4 is 5.69 Å².